The van der Waals surface area contributed by atoms with Crippen LogP contribution in [0.3, 0.4) is 0 Å². The third-order valence-corrected chi connectivity index (χ3v) is 3.11. The number of hydrogen-bond acceptors (Lipinski definition) is 2. The Morgan fingerprint density at radius 3 is 2.88 bits per heavy atom. The molecule has 0 bridgehead atoms. The molecular formula is C13H25ClN2O. The number of amides is 1. The van der Waals surface area contributed by atoms with Gasteiger partial charge in [-0.15, -0.1) is 12.4 Å². The smallest absolute Gasteiger partial charge is 0.246 e. The van der Waals surface area contributed by atoms with Crippen LogP contribution in [0.1, 0.15) is 39.5 Å². The van der Waals surface area contributed by atoms with E-state index >= 15 is 0 Å². The summed E-state index contributed by atoms with van der Waals surface area (Å²) >= 11 is 0. The second-order valence-electron chi connectivity index (χ2n) is 4.55. The van der Waals surface area contributed by atoms with Gasteiger partial charge < -0.3 is 10.6 Å². The van der Waals surface area contributed by atoms with E-state index in [2.05, 4.69) is 10.6 Å². The van der Waals surface area contributed by atoms with Gasteiger partial charge in [-0.3, -0.25) is 4.79 Å². The Labute approximate surface area is 111 Å². The molecule has 0 spiro atoms. The van der Waals surface area contributed by atoms with E-state index in [-0.39, 0.29) is 18.3 Å². The molecule has 0 aromatic rings. The van der Waals surface area contributed by atoms with Crippen molar-refractivity contribution in [3.8, 4) is 0 Å². The summed E-state index contributed by atoms with van der Waals surface area (Å²) in [5, 5.41) is 6.37. The Bertz CT molecular complexity index is 248. The fourth-order valence-electron chi connectivity index (χ4n) is 2.10. The molecule has 4 heteroatoms. The number of piperidine rings is 1. The van der Waals surface area contributed by atoms with Crippen molar-refractivity contribution in [3.63, 3.8) is 0 Å². The SMILES string of the molecule is CCC=C(C)C(=O)NCCC1CCCNC1.Cl. The van der Waals surface area contributed by atoms with E-state index in [1.54, 1.807) is 0 Å². The number of allylic oxidation sites excluding steroid dienone is 1. The number of hydrogen-bond donors (Lipinski definition) is 2. The molecule has 3 nitrogen and oxygen atoms in total. The predicted molar refractivity (Wildman–Crippen MR) is 74.5 cm³/mol. The first-order chi connectivity index (χ1) is 7.74. The van der Waals surface area contributed by atoms with Crippen LogP contribution in [0.5, 0.6) is 0 Å². The van der Waals surface area contributed by atoms with Crippen LogP contribution >= 0.6 is 12.4 Å². The zero-order chi connectivity index (χ0) is 11.8. The van der Waals surface area contributed by atoms with Crippen molar-refractivity contribution < 1.29 is 4.79 Å². The van der Waals surface area contributed by atoms with Gasteiger partial charge in [-0.25, -0.2) is 0 Å². The van der Waals surface area contributed by atoms with Crippen LogP contribution in [0.15, 0.2) is 11.6 Å². The van der Waals surface area contributed by atoms with Crippen molar-refractivity contribution in [1.82, 2.24) is 10.6 Å². The molecular weight excluding hydrogens is 236 g/mol. The standard InChI is InChI=1S/C13H24N2O.ClH/c1-3-5-11(2)13(16)15-9-7-12-6-4-8-14-10-12;/h5,12,14H,3-4,6-10H2,1-2H3,(H,15,16);1H. The van der Waals surface area contributed by atoms with Gasteiger partial charge in [0, 0.05) is 12.1 Å². The molecule has 1 aliphatic heterocycles. The number of halogens is 1. The molecule has 1 amide bonds. The highest BCUT2D eigenvalue weighted by atomic mass is 35.5. The fourth-order valence-corrected chi connectivity index (χ4v) is 2.10. The van der Waals surface area contributed by atoms with E-state index in [0.29, 0.717) is 0 Å². The Kier molecular flexibility index (Phi) is 9.18. The third kappa shape index (κ3) is 6.69. The van der Waals surface area contributed by atoms with Crippen molar-refractivity contribution in [2.75, 3.05) is 19.6 Å². The Balaban J connectivity index is 0.00000256. The topological polar surface area (TPSA) is 41.1 Å². The van der Waals surface area contributed by atoms with Crippen molar-refractivity contribution >= 4 is 18.3 Å². The van der Waals surface area contributed by atoms with E-state index in [1.165, 1.54) is 12.8 Å². The van der Waals surface area contributed by atoms with Crippen molar-refractivity contribution in [3.05, 3.63) is 11.6 Å². The molecule has 1 atom stereocenters. The molecule has 1 aliphatic rings. The lowest BCUT2D eigenvalue weighted by Crippen LogP contribution is -2.33. The summed E-state index contributed by atoms with van der Waals surface area (Å²) in [7, 11) is 0. The van der Waals surface area contributed by atoms with Gasteiger partial charge in [0.05, 0.1) is 0 Å². The monoisotopic (exact) mass is 260 g/mol. The lowest BCUT2D eigenvalue weighted by atomic mass is 9.96. The second-order valence-corrected chi connectivity index (χ2v) is 4.55. The number of carbonyl (C=O) groups excluding carboxylic acids is 1. The van der Waals surface area contributed by atoms with Gasteiger partial charge in [-0.1, -0.05) is 13.0 Å². The molecule has 0 aromatic heterocycles. The van der Waals surface area contributed by atoms with E-state index < -0.39 is 0 Å². The molecule has 0 aromatic carbocycles. The summed E-state index contributed by atoms with van der Waals surface area (Å²) in [6.45, 7) is 6.99. The van der Waals surface area contributed by atoms with Crippen molar-refractivity contribution in [2.24, 2.45) is 5.92 Å². The minimum absolute atomic E-state index is 0. The van der Waals surface area contributed by atoms with Crippen LogP contribution < -0.4 is 10.6 Å². The van der Waals surface area contributed by atoms with Gasteiger partial charge in [0.15, 0.2) is 0 Å². The van der Waals surface area contributed by atoms with Crippen LogP contribution in [0.25, 0.3) is 0 Å². The molecule has 0 saturated carbocycles. The van der Waals surface area contributed by atoms with Gasteiger partial charge in [-0.05, 0) is 51.6 Å². The zero-order valence-corrected chi connectivity index (χ0v) is 11.7. The quantitative estimate of drug-likeness (QED) is 0.745. The van der Waals surface area contributed by atoms with E-state index in [9.17, 15) is 4.79 Å². The van der Waals surface area contributed by atoms with Crippen LogP contribution in [-0.2, 0) is 4.79 Å². The first kappa shape index (κ1) is 16.5. The maximum atomic E-state index is 11.6. The molecule has 1 heterocycles. The highest BCUT2D eigenvalue weighted by Gasteiger charge is 2.12. The summed E-state index contributed by atoms with van der Waals surface area (Å²) in [6.07, 6.45) is 6.56. The molecule has 1 rings (SSSR count). The fraction of sp³-hybridized carbons (Fsp3) is 0.769. The van der Waals surface area contributed by atoms with E-state index in [4.69, 9.17) is 0 Å². The lowest BCUT2D eigenvalue weighted by Gasteiger charge is -2.22. The number of rotatable bonds is 5. The summed E-state index contributed by atoms with van der Waals surface area (Å²) < 4.78 is 0. The second kappa shape index (κ2) is 9.49. The molecule has 0 radical (unpaired) electrons. The maximum Gasteiger partial charge on any atom is 0.246 e. The third-order valence-electron chi connectivity index (χ3n) is 3.11. The first-order valence-corrected chi connectivity index (χ1v) is 6.39. The summed E-state index contributed by atoms with van der Waals surface area (Å²) in [4.78, 5) is 11.6. The van der Waals surface area contributed by atoms with Crippen LogP contribution in [0.2, 0.25) is 0 Å². The minimum atomic E-state index is 0. The Morgan fingerprint density at radius 1 is 1.53 bits per heavy atom. The highest BCUT2D eigenvalue weighted by molar-refractivity contribution is 5.92. The zero-order valence-electron chi connectivity index (χ0n) is 10.9. The number of carbonyl (C=O) groups is 1. The molecule has 0 aliphatic carbocycles. The normalized spacial score (nSPS) is 20.6. The Hall–Kier alpha value is -0.540. The molecule has 1 fully saturated rings. The largest absolute Gasteiger partial charge is 0.352 e. The van der Waals surface area contributed by atoms with Gasteiger partial charge >= 0.3 is 0 Å². The van der Waals surface area contributed by atoms with Gasteiger partial charge in [0.25, 0.3) is 0 Å². The molecule has 100 valence electrons. The number of nitrogens with one attached hydrogen (secondary N) is 2. The highest BCUT2D eigenvalue weighted by Crippen LogP contribution is 2.12. The molecule has 17 heavy (non-hydrogen) atoms. The van der Waals surface area contributed by atoms with E-state index in [0.717, 1.165) is 44.0 Å². The van der Waals surface area contributed by atoms with Crippen LogP contribution in [0, 0.1) is 5.92 Å². The molecule has 1 unspecified atom stereocenters. The van der Waals surface area contributed by atoms with Gasteiger partial charge in [-0.2, -0.15) is 0 Å². The summed E-state index contributed by atoms with van der Waals surface area (Å²) in [6, 6.07) is 0. The van der Waals surface area contributed by atoms with Crippen LogP contribution in [0.4, 0.5) is 0 Å². The van der Waals surface area contributed by atoms with Gasteiger partial charge in [0.2, 0.25) is 5.91 Å². The molecule has 2 N–H and O–H groups in total. The van der Waals surface area contributed by atoms with Crippen LogP contribution in [-0.4, -0.2) is 25.5 Å². The lowest BCUT2D eigenvalue weighted by molar-refractivity contribution is -0.117. The summed E-state index contributed by atoms with van der Waals surface area (Å²) in [5.41, 5.74) is 0.837. The molecule has 1 saturated heterocycles. The minimum Gasteiger partial charge on any atom is -0.352 e. The maximum absolute atomic E-state index is 11.6. The average Bonchev–Trinajstić information content (AvgIpc) is 2.30. The van der Waals surface area contributed by atoms with Gasteiger partial charge in [0.1, 0.15) is 0 Å². The Morgan fingerprint density at radius 2 is 2.29 bits per heavy atom. The van der Waals surface area contributed by atoms with Crippen molar-refractivity contribution in [1.29, 1.82) is 0 Å². The summed E-state index contributed by atoms with van der Waals surface area (Å²) in [5.74, 6) is 0.829. The first-order valence-electron chi connectivity index (χ1n) is 6.39. The van der Waals surface area contributed by atoms with Crippen molar-refractivity contribution in [2.45, 2.75) is 39.5 Å². The predicted octanol–water partition coefficient (Wildman–Crippen LogP) is 2.27. The average molecular weight is 261 g/mol. The van der Waals surface area contributed by atoms with E-state index in [1.807, 2.05) is 19.9 Å².